The summed E-state index contributed by atoms with van der Waals surface area (Å²) >= 11 is 0. The van der Waals surface area contributed by atoms with Gasteiger partial charge in [-0.2, -0.15) is 0 Å². The molecule has 1 N–H and O–H groups in total. The molecular formula is C11H14O3S. The van der Waals surface area contributed by atoms with Crippen LogP contribution >= 0.6 is 0 Å². The molecule has 0 saturated carbocycles. The van der Waals surface area contributed by atoms with E-state index in [0.29, 0.717) is 4.90 Å². The van der Waals surface area contributed by atoms with Gasteiger partial charge in [-0.05, 0) is 26.0 Å². The normalized spacial score (nSPS) is 14.5. The zero-order chi connectivity index (χ0) is 11.4. The molecule has 0 aromatic heterocycles. The van der Waals surface area contributed by atoms with E-state index >= 15 is 0 Å². The Morgan fingerprint density at radius 1 is 1.40 bits per heavy atom. The first kappa shape index (κ1) is 11.9. The Bertz CT molecular complexity index is 370. The monoisotopic (exact) mass is 226 g/mol. The Kier molecular flexibility index (Phi) is 4.03. The smallest absolute Gasteiger partial charge is 0.304 e. The van der Waals surface area contributed by atoms with Gasteiger partial charge in [0.2, 0.25) is 0 Å². The number of carboxylic acid groups (broad SMARTS) is 1. The number of hydrogen-bond acceptors (Lipinski definition) is 2. The molecule has 0 heterocycles. The molecule has 82 valence electrons. The lowest BCUT2D eigenvalue weighted by molar-refractivity contribution is -0.136. The molecule has 0 bridgehead atoms. The number of rotatable bonds is 4. The third-order valence-electron chi connectivity index (χ3n) is 2.08. The molecular weight excluding hydrogens is 212 g/mol. The highest BCUT2D eigenvalue weighted by molar-refractivity contribution is 7.85. The van der Waals surface area contributed by atoms with E-state index in [1.165, 1.54) is 0 Å². The highest BCUT2D eigenvalue weighted by Gasteiger charge is 2.16. The Morgan fingerprint density at radius 3 is 2.40 bits per heavy atom. The SMILES string of the molecule is Cc1ccc(S(=O)C(C)CC(=O)O)cc1. The first-order chi connectivity index (χ1) is 7.00. The fourth-order valence-electron chi connectivity index (χ4n) is 1.23. The molecule has 4 heteroatoms. The minimum Gasteiger partial charge on any atom is -0.481 e. The average Bonchev–Trinajstić information content (AvgIpc) is 2.17. The lowest BCUT2D eigenvalue weighted by atomic mass is 10.2. The Balaban J connectivity index is 2.76. The zero-order valence-corrected chi connectivity index (χ0v) is 9.58. The van der Waals surface area contributed by atoms with E-state index in [0.717, 1.165) is 5.56 Å². The van der Waals surface area contributed by atoms with Gasteiger partial charge in [-0.3, -0.25) is 9.00 Å². The minimum atomic E-state index is -1.24. The van der Waals surface area contributed by atoms with Crippen LogP contribution < -0.4 is 0 Å². The fourth-order valence-corrected chi connectivity index (χ4v) is 2.39. The van der Waals surface area contributed by atoms with Gasteiger partial charge in [0.1, 0.15) is 0 Å². The molecule has 0 amide bonds. The molecule has 0 aliphatic rings. The van der Waals surface area contributed by atoms with E-state index in [9.17, 15) is 9.00 Å². The summed E-state index contributed by atoms with van der Waals surface area (Å²) in [6, 6.07) is 7.31. The Labute approximate surface area is 91.6 Å². The van der Waals surface area contributed by atoms with Crippen LogP contribution in [0.3, 0.4) is 0 Å². The van der Waals surface area contributed by atoms with Crippen molar-refractivity contribution in [2.45, 2.75) is 30.4 Å². The topological polar surface area (TPSA) is 54.4 Å². The highest BCUT2D eigenvalue weighted by Crippen LogP contribution is 2.14. The van der Waals surface area contributed by atoms with Gasteiger partial charge in [-0.15, -0.1) is 0 Å². The molecule has 0 aliphatic carbocycles. The largest absolute Gasteiger partial charge is 0.481 e. The van der Waals surface area contributed by atoms with Crippen LogP contribution in [0.4, 0.5) is 0 Å². The van der Waals surface area contributed by atoms with Gasteiger partial charge in [0.25, 0.3) is 0 Å². The molecule has 0 spiro atoms. The summed E-state index contributed by atoms with van der Waals surface area (Å²) in [5, 5.41) is 8.23. The second-order valence-corrected chi connectivity index (χ2v) is 5.39. The van der Waals surface area contributed by atoms with Crippen molar-refractivity contribution in [3.63, 3.8) is 0 Å². The lowest BCUT2D eigenvalue weighted by Crippen LogP contribution is -2.15. The molecule has 0 aliphatic heterocycles. The summed E-state index contributed by atoms with van der Waals surface area (Å²) in [4.78, 5) is 11.2. The maximum Gasteiger partial charge on any atom is 0.304 e. The third-order valence-corrected chi connectivity index (χ3v) is 3.72. The van der Waals surface area contributed by atoms with E-state index in [-0.39, 0.29) is 11.7 Å². The van der Waals surface area contributed by atoms with Gasteiger partial charge >= 0.3 is 5.97 Å². The van der Waals surface area contributed by atoms with Crippen molar-refractivity contribution in [1.29, 1.82) is 0 Å². The maximum absolute atomic E-state index is 11.8. The summed E-state index contributed by atoms with van der Waals surface area (Å²) in [6.07, 6.45) is -0.0690. The summed E-state index contributed by atoms with van der Waals surface area (Å²) < 4.78 is 11.8. The van der Waals surface area contributed by atoms with E-state index in [1.54, 1.807) is 19.1 Å². The van der Waals surface area contributed by atoms with Crippen LogP contribution in [-0.2, 0) is 15.6 Å². The third kappa shape index (κ3) is 3.47. The Hall–Kier alpha value is -1.16. The predicted octanol–water partition coefficient (Wildman–Crippen LogP) is 1.97. The molecule has 15 heavy (non-hydrogen) atoms. The first-order valence-corrected chi connectivity index (χ1v) is 5.91. The quantitative estimate of drug-likeness (QED) is 0.854. The van der Waals surface area contributed by atoms with Crippen molar-refractivity contribution in [3.8, 4) is 0 Å². The first-order valence-electron chi connectivity index (χ1n) is 4.69. The number of aryl methyl sites for hydroxylation is 1. The summed E-state index contributed by atoms with van der Waals surface area (Å²) in [7, 11) is -1.24. The predicted molar refractivity (Wildman–Crippen MR) is 59.3 cm³/mol. The Morgan fingerprint density at radius 2 is 1.93 bits per heavy atom. The van der Waals surface area contributed by atoms with Crippen LogP contribution in [0, 0.1) is 6.92 Å². The van der Waals surface area contributed by atoms with Crippen LogP contribution in [0.5, 0.6) is 0 Å². The molecule has 1 aromatic carbocycles. The summed E-state index contributed by atoms with van der Waals surface area (Å²) in [5.41, 5.74) is 1.10. The number of benzene rings is 1. The van der Waals surface area contributed by atoms with Crippen molar-refractivity contribution >= 4 is 16.8 Å². The number of hydrogen-bond donors (Lipinski definition) is 1. The second-order valence-electron chi connectivity index (χ2n) is 3.52. The number of carbonyl (C=O) groups is 1. The number of aliphatic carboxylic acids is 1. The van der Waals surface area contributed by atoms with Gasteiger partial charge in [-0.1, -0.05) is 17.7 Å². The number of carboxylic acids is 1. The molecule has 1 rings (SSSR count). The van der Waals surface area contributed by atoms with Gasteiger partial charge in [0.05, 0.1) is 17.2 Å². The van der Waals surface area contributed by atoms with Gasteiger partial charge in [-0.25, -0.2) is 0 Å². The van der Waals surface area contributed by atoms with Crippen molar-refractivity contribution in [2.75, 3.05) is 0 Å². The van der Waals surface area contributed by atoms with Crippen LogP contribution in [0.25, 0.3) is 0 Å². The summed E-state index contributed by atoms with van der Waals surface area (Å²) in [5.74, 6) is -0.914. The molecule has 0 fully saturated rings. The van der Waals surface area contributed by atoms with E-state index in [4.69, 9.17) is 5.11 Å². The van der Waals surface area contributed by atoms with Crippen LogP contribution in [0.1, 0.15) is 18.9 Å². The van der Waals surface area contributed by atoms with E-state index < -0.39 is 16.8 Å². The maximum atomic E-state index is 11.8. The molecule has 2 atom stereocenters. The molecule has 3 nitrogen and oxygen atoms in total. The van der Waals surface area contributed by atoms with Gasteiger partial charge in [0.15, 0.2) is 0 Å². The highest BCUT2D eigenvalue weighted by atomic mass is 32.2. The van der Waals surface area contributed by atoms with Gasteiger partial charge in [0, 0.05) is 10.1 Å². The van der Waals surface area contributed by atoms with Gasteiger partial charge < -0.3 is 5.11 Å². The molecule has 0 saturated heterocycles. The van der Waals surface area contributed by atoms with Crippen LogP contribution in [-0.4, -0.2) is 20.5 Å². The van der Waals surface area contributed by atoms with Crippen molar-refractivity contribution in [2.24, 2.45) is 0 Å². The average molecular weight is 226 g/mol. The summed E-state index contributed by atoms with van der Waals surface area (Å²) in [6.45, 7) is 3.64. The zero-order valence-electron chi connectivity index (χ0n) is 8.77. The van der Waals surface area contributed by atoms with Crippen LogP contribution in [0.2, 0.25) is 0 Å². The minimum absolute atomic E-state index is 0.0690. The lowest BCUT2D eigenvalue weighted by Gasteiger charge is -2.08. The molecule has 0 radical (unpaired) electrons. The van der Waals surface area contributed by atoms with E-state index in [1.807, 2.05) is 19.1 Å². The second kappa shape index (κ2) is 5.07. The van der Waals surface area contributed by atoms with E-state index in [2.05, 4.69) is 0 Å². The molecule has 1 aromatic rings. The fraction of sp³-hybridized carbons (Fsp3) is 0.364. The van der Waals surface area contributed by atoms with Crippen LogP contribution in [0.15, 0.2) is 29.2 Å². The van der Waals surface area contributed by atoms with Crippen molar-refractivity contribution in [3.05, 3.63) is 29.8 Å². The standard InChI is InChI=1S/C11H14O3S/c1-8-3-5-10(6-4-8)15(14)9(2)7-11(12)13/h3-6,9H,7H2,1-2H3,(H,12,13). The van der Waals surface area contributed by atoms with Crippen molar-refractivity contribution in [1.82, 2.24) is 0 Å². The molecule has 2 unspecified atom stereocenters. The van der Waals surface area contributed by atoms with Crippen molar-refractivity contribution < 1.29 is 14.1 Å².